The van der Waals surface area contributed by atoms with Crippen molar-refractivity contribution >= 4 is 34.3 Å². The molecule has 2 aromatic carbocycles. The number of thioether (sulfide) groups is 1. The maximum atomic E-state index is 12.3. The van der Waals surface area contributed by atoms with Crippen molar-refractivity contribution in [3.63, 3.8) is 0 Å². The van der Waals surface area contributed by atoms with Crippen LogP contribution in [0.25, 0.3) is 10.9 Å². The van der Waals surface area contributed by atoms with Crippen LogP contribution in [0.2, 0.25) is 0 Å². The number of hydrogen-bond donors (Lipinski definition) is 2. The SMILES string of the molecule is COc1cccc(NC(=O)CSCc2cc(=O)c3ccc(C)c(C)c3[nH]2)c1. The van der Waals surface area contributed by atoms with Gasteiger partial charge in [0.05, 0.1) is 18.4 Å². The molecule has 3 aromatic rings. The van der Waals surface area contributed by atoms with Gasteiger partial charge in [0.2, 0.25) is 5.91 Å². The Kier molecular flexibility index (Phi) is 5.86. The van der Waals surface area contributed by atoms with Gasteiger partial charge >= 0.3 is 0 Å². The summed E-state index contributed by atoms with van der Waals surface area (Å²) in [6.07, 6.45) is 0. The molecular weight excluding hydrogens is 360 g/mol. The second-order valence-electron chi connectivity index (χ2n) is 6.36. The Bertz CT molecular complexity index is 1040. The van der Waals surface area contributed by atoms with Crippen LogP contribution in [0.1, 0.15) is 16.8 Å². The van der Waals surface area contributed by atoms with E-state index in [2.05, 4.69) is 10.3 Å². The minimum Gasteiger partial charge on any atom is -0.497 e. The number of rotatable bonds is 6. The molecule has 6 heteroatoms. The van der Waals surface area contributed by atoms with E-state index < -0.39 is 0 Å². The largest absolute Gasteiger partial charge is 0.497 e. The van der Waals surface area contributed by atoms with Gasteiger partial charge in [-0.25, -0.2) is 0 Å². The summed E-state index contributed by atoms with van der Waals surface area (Å²) in [7, 11) is 1.59. The smallest absolute Gasteiger partial charge is 0.234 e. The Morgan fingerprint density at radius 3 is 2.78 bits per heavy atom. The predicted molar refractivity (Wildman–Crippen MR) is 112 cm³/mol. The van der Waals surface area contributed by atoms with Gasteiger partial charge in [-0.3, -0.25) is 9.59 Å². The average molecular weight is 382 g/mol. The molecule has 3 rings (SSSR count). The van der Waals surface area contributed by atoms with Gasteiger partial charge in [0.25, 0.3) is 0 Å². The lowest BCUT2D eigenvalue weighted by atomic mass is 10.0. The Labute approximate surface area is 162 Å². The summed E-state index contributed by atoms with van der Waals surface area (Å²) in [5.74, 6) is 1.46. The number of carbonyl (C=O) groups excluding carboxylic acids is 1. The van der Waals surface area contributed by atoms with Crippen LogP contribution in [0.5, 0.6) is 5.75 Å². The standard InChI is InChI=1S/C21H22N2O3S/c1-13-7-8-18-19(24)10-16(23-21(18)14(13)2)11-27-12-20(25)22-15-5-4-6-17(9-15)26-3/h4-10H,11-12H2,1-3H3,(H,22,25)(H,23,24). The van der Waals surface area contributed by atoms with Crippen molar-refractivity contribution in [3.8, 4) is 5.75 Å². The molecule has 0 aliphatic rings. The number of fused-ring (bicyclic) bond motifs is 1. The Balaban J connectivity index is 1.64. The van der Waals surface area contributed by atoms with Gasteiger partial charge in [0.1, 0.15) is 5.75 Å². The molecule has 0 aliphatic heterocycles. The van der Waals surface area contributed by atoms with E-state index in [4.69, 9.17) is 4.74 Å². The lowest BCUT2D eigenvalue weighted by molar-refractivity contribution is -0.113. The predicted octanol–water partition coefficient (Wildman–Crippen LogP) is 4.03. The van der Waals surface area contributed by atoms with Crippen molar-refractivity contribution in [1.82, 2.24) is 4.98 Å². The zero-order valence-corrected chi connectivity index (χ0v) is 16.4. The van der Waals surface area contributed by atoms with Gasteiger partial charge in [-0.2, -0.15) is 0 Å². The number of methoxy groups -OCH3 is 1. The number of ether oxygens (including phenoxy) is 1. The molecule has 27 heavy (non-hydrogen) atoms. The van der Waals surface area contributed by atoms with E-state index >= 15 is 0 Å². The molecule has 2 N–H and O–H groups in total. The maximum absolute atomic E-state index is 12.3. The molecule has 0 aliphatic carbocycles. The summed E-state index contributed by atoms with van der Waals surface area (Å²) >= 11 is 1.46. The van der Waals surface area contributed by atoms with Crippen LogP contribution in [0.15, 0.2) is 47.3 Å². The fourth-order valence-electron chi connectivity index (χ4n) is 2.84. The average Bonchev–Trinajstić information content (AvgIpc) is 2.65. The first-order chi connectivity index (χ1) is 13.0. The highest BCUT2D eigenvalue weighted by atomic mass is 32.2. The minimum atomic E-state index is -0.0941. The van der Waals surface area contributed by atoms with Crippen LogP contribution >= 0.6 is 11.8 Å². The number of hydrogen-bond acceptors (Lipinski definition) is 4. The van der Waals surface area contributed by atoms with Gasteiger partial charge in [0, 0.05) is 34.7 Å². The number of H-pyrrole nitrogens is 1. The highest BCUT2D eigenvalue weighted by molar-refractivity contribution is 7.99. The van der Waals surface area contributed by atoms with Crippen molar-refractivity contribution in [2.75, 3.05) is 18.2 Å². The lowest BCUT2D eigenvalue weighted by Crippen LogP contribution is -2.14. The number of aromatic amines is 1. The van der Waals surface area contributed by atoms with Gasteiger partial charge in [0.15, 0.2) is 5.43 Å². The second kappa shape index (κ2) is 8.31. The van der Waals surface area contributed by atoms with Crippen molar-refractivity contribution in [2.45, 2.75) is 19.6 Å². The van der Waals surface area contributed by atoms with E-state index in [-0.39, 0.29) is 11.3 Å². The van der Waals surface area contributed by atoms with E-state index in [1.807, 2.05) is 44.2 Å². The van der Waals surface area contributed by atoms with Crippen LogP contribution < -0.4 is 15.5 Å². The summed E-state index contributed by atoms with van der Waals surface area (Å²) < 4.78 is 5.15. The molecule has 0 fully saturated rings. The number of benzene rings is 2. The van der Waals surface area contributed by atoms with Crippen molar-refractivity contribution < 1.29 is 9.53 Å². The molecule has 0 unspecified atom stereocenters. The summed E-state index contributed by atoms with van der Waals surface area (Å²) in [6.45, 7) is 4.03. The van der Waals surface area contributed by atoms with Gasteiger partial charge in [-0.1, -0.05) is 12.1 Å². The molecule has 5 nitrogen and oxygen atoms in total. The number of anilines is 1. The topological polar surface area (TPSA) is 71.2 Å². The first-order valence-electron chi connectivity index (χ1n) is 8.61. The number of aromatic nitrogens is 1. The number of nitrogens with one attached hydrogen (secondary N) is 2. The molecular formula is C21H22N2O3S. The summed E-state index contributed by atoms with van der Waals surface area (Å²) in [4.78, 5) is 27.8. The first kappa shape index (κ1) is 19.0. The van der Waals surface area contributed by atoms with Gasteiger partial charge in [-0.15, -0.1) is 11.8 Å². The molecule has 0 saturated heterocycles. The molecule has 0 bridgehead atoms. The first-order valence-corrected chi connectivity index (χ1v) is 9.77. The highest BCUT2D eigenvalue weighted by Gasteiger charge is 2.08. The molecule has 140 valence electrons. The van der Waals surface area contributed by atoms with E-state index in [0.717, 1.165) is 22.3 Å². The number of amides is 1. The molecule has 0 radical (unpaired) electrons. The van der Waals surface area contributed by atoms with Crippen molar-refractivity contribution in [2.24, 2.45) is 0 Å². The minimum absolute atomic E-state index is 0.00304. The van der Waals surface area contributed by atoms with Crippen molar-refractivity contribution in [3.05, 3.63) is 69.5 Å². The van der Waals surface area contributed by atoms with Crippen LogP contribution in [0.3, 0.4) is 0 Å². The van der Waals surface area contributed by atoms with Crippen LogP contribution in [-0.2, 0) is 10.5 Å². The molecule has 0 saturated carbocycles. The van der Waals surface area contributed by atoms with Gasteiger partial charge < -0.3 is 15.0 Å². The Morgan fingerprint density at radius 1 is 1.19 bits per heavy atom. The lowest BCUT2D eigenvalue weighted by Gasteiger charge is -2.09. The third kappa shape index (κ3) is 4.52. The molecule has 1 amide bonds. The van der Waals surface area contributed by atoms with E-state index in [1.165, 1.54) is 11.8 Å². The fraction of sp³-hybridized carbons (Fsp3) is 0.238. The zero-order valence-electron chi connectivity index (χ0n) is 15.6. The summed E-state index contributed by atoms with van der Waals surface area (Å²) in [5, 5.41) is 3.55. The zero-order chi connectivity index (χ0) is 19.4. The molecule has 0 spiro atoms. The van der Waals surface area contributed by atoms with Crippen molar-refractivity contribution in [1.29, 1.82) is 0 Å². The highest BCUT2D eigenvalue weighted by Crippen LogP contribution is 2.20. The van der Waals surface area contributed by atoms with Crippen LogP contribution in [0.4, 0.5) is 5.69 Å². The maximum Gasteiger partial charge on any atom is 0.234 e. The fourth-order valence-corrected chi connectivity index (χ4v) is 3.58. The van der Waals surface area contributed by atoms with E-state index in [9.17, 15) is 9.59 Å². The third-order valence-corrected chi connectivity index (χ3v) is 5.42. The Hall–Kier alpha value is -2.73. The monoisotopic (exact) mass is 382 g/mol. The summed E-state index contributed by atoms with van der Waals surface area (Å²) in [5.41, 5.74) is 4.61. The van der Waals surface area contributed by atoms with Crippen LogP contribution in [0, 0.1) is 13.8 Å². The second-order valence-corrected chi connectivity index (χ2v) is 7.35. The number of aryl methyl sites for hydroxylation is 2. The van der Waals surface area contributed by atoms with E-state index in [1.54, 1.807) is 19.2 Å². The third-order valence-electron chi connectivity index (χ3n) is 4.44. The molecule has 0 atom stereocenters. The molecule has 1 aromatic heterocycles. The van der Waals surface area contributed by atoms with E-state index in [0.29, 0.717) is 28.3 Å². The van der Waals surface area contributed by atoms with Gasteiger partial charge in [-0.05, 0) is 43.2 Å². The normalized spacial score (nSPS) is 10.8. The summed E-state index contributed by atoms with van der Waals surface area (Å²) in [6, 6.07) is 12.7. The number of pyridine rings is 1. The number of carbonyl (C=O) groups is 1. The molecule has 1 heterocycles. The Morgan fingerprint density at radius 2 is 2.00 bits per heavy atom. The van der Waals surface area contributed by atoms with Crippen LogP contribution in [-0.4, -0.2) is 23.8 Å². The quantitative estimate of drug-likeness (QED) is 0.675.